The van der Waals surface area contributed by atoms with Crippen LogP contribution in [0.4, 0.5) is 0 Å². The highest BCUT2D eigenvalue weighted by Gasteiger charge is 1.94. The fraction of sp³-hybridized carbons (Fsp3) is 1.00. The van der Waals surface area contributed by atoms with E-state index in [1.165, 1.54) is 12.2 Å². The van der Waals surface area contributed by atoms with Gasteiger partial charge in [-0.3, -0.25) is 0 Å². The Morgan fingerprint density at radius 3 is 1.71 bits per heavy atom. The average molecular weight is 232 g/mol. The van der Waals surface area contributed by atoms with E-state index in [0.29, 0.717) is 10.9 Å². The summed E-state index contributed by atoms with van der Waals surface area (Å²) in [6, 6.07) is 0. The highest BCUT2D eigenvalue weighted by molar-refractivity contribution is 7.95. The zero-order valence-corrected chi connectivity index (χ0v) is 8.17. The molecule has 0 spiro atoms. The van der Waals surface area contributed by atoms with Gasteiger partial charge in [0.05, 0.1) is 12.5 Å². The van der Waals surface area contributed by atoms with Crippen LogP contribution in [0.25, 0.3) is 0 Å². The monoisotopic (exact) mass is 232 g/mol. The van der Waals surface area contributed by atoms with Crippen LogP contribution in [0.5, 0.6) is 0 Å². The van der Waals surface area contributed by atoms with E-state index in [9.17, 15) is 0 Å². The molecule has 0 nitrogen and oxygen atoms in total. The molecule has 0 radical (unpaired) electrons. The molecule has 0 bridgehead atoms. The van der Waals surface area contributed by atoms with Gasteiger partial charge in [0.15, 0.2) is 0 Å². The minimum absolute atomic E-state index is 0. The summed E-state index contributed by atoms with van der Waals surface area (Å²) < 4.78 is 0. The molecule has 0 aromatic rings. The second-order valence-electron chi connectivity index (χ2n) is 1.69. The second-order valence-corrected chi connectivity index (χ2v) is 4.07. The molecule has 0 rings (SSSR count). The van der Waals surface area contributed by atoms with Crippen molar-refractivity contribution in [3.8, 4) is 0 Å². The summed E-state index contributed by atoms with van der Waals surface area (Å²) in [5.41, 5.74) is 0. The van der Waals surface area contributed by atoms with Crippen molar-refractivity contribution in [2.45, 2.75) is 13.3 Å². The van der Waals surface area contributed by atoms with Gasteiger partial charge in [-0.1, -0.05) is 6.92 Å². The molecule has 0 atom stereocenters. The fourth-order valence-electron chi connectivity index (χ4n) is 0.408. The lowest BCUT2D eigenvalue weighted by atomic mass is 10.6. The molecule has 46 valence electrons. The van der Waals surface area contributed by atoms with Crippen molar-refractivity contribution >= 4 is 10.9 Å². The summed E-state index contributed by atoms with van der Waals surface area (Å²) in [6.07, 6.45) is 5.91. The Balaban J connectivity index is 0. The average Bonchev–Trinajstić information content (AvgIpc) is 1.35. The first kappa shape index (κ1) is 11.0. The smallest absolute Gasteiger partial charge is 0.107 e. The Bertz CT molecular complexity index is 29.3. The van der Waals surface area contributed by atoms with Crippen LogP contribution in [0.3, 0.4) is 0 Å². The Labute approximate surface area is 66.4 Å². The molecule has 0 aromatic heterocycles. The summed E-state index contributed by atoms with van der Waals surface area (Å²) in [7, 11) is 0.684. The van der Waals surface area contributed by atoms with Crippen molar-refractivity contribution in [3.63, 3.8) is 0 Å². The van der Waals surface area contributed by atoms with Crippen molar-refractivity contribution in [1.82, 2.24) is 0 Å². The van der Waals surface area contributed by atoms with Gasteiger partial charge in [0.1, 0.15) is 5.75 Å². The first-order chi connectivity index (χ1) is 2.77. The maximum absolute atomic E-state index is 2.28. The van der Waals surface area contributed by atoms with Crippen LogP contribution in [-0.2, 0) is 10.9 Å². The van der Waals surface area contributed by atoms with Crippen molar-refractivity contribution < 1.29 is 24.0 Å². The third-order valence-corrected chi connectivity index (χ3v) is 1.84. The Hall–Kier alpha value is 1.08. The number of hydrogen-bond acceptors (Lipinski definition) is 0. The van der Waals surface area contributed by atoms with E-state index in [0.717, 1.165) is 0 Å². The molecular formula is C5H13IS. The van der Waals surface area contributed by atoms with Crippen molar-refractivity contribution in [3.05, 3.63) is 0 Å². The molecule has 7 heavy (non-hydrogen) atoms. The van der Waals surface area contributed by atoms with Gasteiger partial charge in [0, 0.05) is 0 Å². The van der Waals surface area contributed by atoms with Crippen LogP contribution < -0.4 is 24.0 Å². The lowest BCUT2D eigenvalue weighted by Gasteiger charge is -1.87. The summed E-state index contributed by atoms with van der Waals surface area (Å²) in [5.74, 6) is 1.40. The van der Waals surface area contributed by atoms with Gasteiger partial charge in [0.2, 0.25) is 0 Å². The summed E-state index contributed by atoms with van der Waals surface area (Å²) in [4.78, 5) is 0. The number of rotatable bonds is 2. The van der Waals surface area contributed by atoms with Crippen molar-refractivity contribution in [2.75, 3.05) is 18.3 Å². The van der Waals surface area contributed by atoms with E-state index in [1.54, 1.807) is 0 Å². The first-order valence-electron chi connectivity index (χ1n) is 2.31. The lowest BCUT2D eigenvalue weighted by Crippen LogP contribution is -3.00. The minimum atomic E-state index is 0. The maximum atomic E-state index is 2.28. The standard InChI is InChI=1S/C5H13S.HI/c1-4-5-6(2)3;/h4-5H2,1-3H3;1H/q+1;/p-1. The second kappa shape index (κ2) is 7.08. The largest absolute Gasteiger partial charge is 1.00 e. The zero-order valence-electron chi connectivity index (χ0n) is 5.20. The lowest BCUT2D eigenvalue weighted by molar-refractivity contribution is -0.00000152. The van der Waals surface area contributed by atoms with E-state index in [4.69, 9.17) is 0 Å². The van der Waals surface area contributed by atoms with Crippen LogP contribution in [-0.4, -0.2) is 18.3 Å². The number of halogens is 1. The van der Waals surface area contributed by atoms with E-state index >= 15 is 0 Å². The molecule has 0 heterocycles. The third-order valence-electron chi connectivity index (χ3n) is 0.612. The van der Waals surface area contributed by atoms with Gasteiger partial charge in [-0.15, -0.1) is 0 Å². The van der Waals surface area contributed by atoms with Crippen LogP contribution >= 0.6 is 0 Å². The zero-order chi connectivity index (χ0) is 4.99. The fourth-order valence-corrected chi connectivity index (χ4v) is 1.22. The van der Waals surface area contributed by atoms with Crippen LogP contribution in [0.2, 0.25) is 0 Å². The van der Waals surface area contributed by atoms with Crippen molar-refractivity contribution in [2.24, 2.45) is 0 Å². The third kappa shape index (κ3) is 11.0. The molecule has 0 aliphatic rings. The predicted molar refractivity (Wildman–Crippen MR) is 34.4 cm³/mol. The Kier molecular flexibility index (Phi) is 11.1. The maximum Gasteiger partial charge on any atom is 0.107 e. The SMILES string of the molecule is CCC[S+](C)C.[I-]. The predicted octanol–water partition coefficient (Wildman–Crippen LogP) is -1.72. The van der Waals surface area contributed by atoms with Gasteiger partial charge >= 0.3 is 0 Å². The topological polar surface area (TPSA) is 0 Å². The highest BCUT2D eigenvalue weighted by atomic mass is 127. The van der Waals surface area contributed by atoms with Gasteiger partial charge in [-0.25, -0.2) is 0 Å². The quantitative estimate of drug-likeness (QED) is 0.392. The van der Waals surface area contributed by atoms with Gasteiger partial charge in [0.25, 0.3) is 0 Å². The van der Waals surface area contributed by atoms with Gasteiger partial charge < -0.3 is 24.0 Å². The molecule has 0 amide bonds. The van der Waals surface area contributed by atoms with Crippen LogP contribution in [0.1, 0.15) is 13.3 Å². The van der Waals surface area contributed by atoms with Crippen molar-refractivity contribution in [1.29, 1.82) is 0 Å². The molecule has 0 fully saturated rings. The van der Waals surface area contributed by atoms with Gasteiger partial charge in [-0.05, 0) is 17.3 Å². The molecule has 0 saturated heterocycles. The molecular weight excluding hydrogens is 219 g/mol. The summed E-state index contributed by atoms with van der Waals surface area (Å²) in [6.45, 7) is 2.23. The van der Waals surface area contributed by atoms with Crippen LogP contribution in [0.15, 0.2) is 0 Å². The summed E-state index contributed by atoms with van der Waals surface area (Å²) in [5, 5.41) is 0. The molecule has 0 aliphatic carbocycles. The molecule has 0 saturated carbocycles. The molecule has 0 aromatic carbocycles. The normalized spacial score (nSPS) is 8.57. The molecule has 0 N–H and O–H groups in total. The molecule has 0 aliphatic heterocycles. The van der Waals surface area contributed by atoms with Gasteiger partial charge in [-0.2, -0.15) is 0 Å². The van der Waals surface area contributed by atoms with E-state index in [-0.39, 0.29) is 24.0 Å². The number of hydrogen-bond donors (Lipinski definition) is 0. The highest BCUT2D eigenvalue weighted by Crippen LogP contribution is 1.85. The molecule has 0 unspecified atom stereocenters. The van der Waals surface area contributed by atoms with E-state index in [1.807, 2.05) is 0 Å². The summed E-state index contributed by atoms with van der Waals surface area (Å²) >= 11 is 0. The Morgan fingerprint density at radius 2 is 1.71 bits per heavy atom. The molecule has 2 heteroatoms. The minimum Gasteiger partial charge on any atom is -1.00 e. The first-order valence-corrected chi connectivity index (χ1v) is 4.52. The van der Waals surface area contributed by atoms with Crippen LogP contribution in [0, 0.1) is 0 Å². The Morgan fingerprint density at radius 1 is 1.29 bits per heavy atom. The van der Waals surface area contributed by atoms with E-state index in [2.05, 4.69) is 19.4 Å². The van der Waals surface area contributed by atoms with E-state index < -0.39 is 0 Å².